The van der Waals surface area contributed by atoms with Crippen molar-refractivity contribution in [2.45, 2.75) is 19.1 Å². The number of benzene rings is 1. The third kappa shape index (κ3) is 4.26. The fraction of sp³-hybridized carbons (Fsp3) is 0.318. The Labute approximate surface area is 168 Å². The van der Waals surface area contributed by atoms with Gasteiger partial charge in [0.25, 0.3) is 5.91 Å². The summed E-state index contributed by atoms with van der Waals surface area (Å²) in [5, 5.41) is 2.76. The highest BCUT2D eigenvalue weighted by Gasteiger charge is 2.29. The standard InChI is InChI=1S/C22H24FN3O3/c1-28-14-10-24-22(27)20-9-8-18(29-20)15-26-13-12-25-11-2-3-19(25)21(26)16-4-6-17(23)7-5-16/h2-9,11,21H,10,12-15H2,1H3,(H,24,27)/t21-/m0/s1. The van der Waals surface area contributed by atoms with Crippen LogP contribution in [0, 0.1) is 5.82 Å². The van der Waals surface area contributed by atoms with Gasteiger partial charge in [-0.15, -0.1) is 0 Å². The molecule has 0 fully saturated rings. The molecule has 1 atom stereocenters. The summed E-state index contributed by atoms with van der Waals surface area (Å²) >= 11 is 0. The van der Waals surface area contributed by atoms with E-state index in [0.717, 1.165) is 24.3 Å². The Kier molecular flexibility index (Phi) is 5.78. The van der Waals surface area contributed by atoms with Crippen molar-refractivity contribution in [3.05, 3.63) is 83.3 Å². The summed E-state index contributed by atoms with van der Waals surface area (Å²) in [6.07, 6.45) is 2.07. The van der Waals surface area contributed by atoms with E-state index >= 15 is 0 Å². The molecule has 6 nitrogen and oxygen atoms in total. The van der Waals surface area contributed by atoms with E-state index in [1.807, 2.05) is 24.3 Å². The van der Waals surface area contributed by atoms with E-state index in [2.05, 4.69) is 27.0 Å². The van der Waals surface area contributed by atoms with Gasteiger partial charge in [-0.1, -0.05) is 12.1 Å². The predicted molar refractivity (Wildman–Crippen MR) is 106 cm³/mol. The van der Waals surface area contributed by atoms with Gasteiger partial charge in [0.05, 0.1) is 19.2 Å². The average Bonchev–Trinajstić information content (AvgIpc) is 3.38. The number of carbonyl (C=O) groups is 1. The van der Waals surface area contributed by atoms with Crippen molar-refractivity contribution in [3.63, 3.8) is 0 Å². The van der Waals surface area contributed by atoms with Crippen molar-refractivity contribution < 1.29 is 18.3 Å². The molecule has 1 N–H and O–H groups in total. The molecule has 29 heavy (non-hydrogen) atoms. The lowest BCUT2D eigenvalue weighted by atomic mass is 9.99. The van der Waals surface area contributed by atoms with E-state index in [0.29, 0.717) is 25.5 Å². The number of amides is 1. The summed E-state index contributed by atoms with van der Waals surface area (Å²) in [5.74, 6) is 0.501. The van der Waals surface area contributed by atoms with Gasteiger partial charge in [-0.25, -0.2) is 4.39 Å². The van der Waals surface area contributed by atoms with Crippen LogP contribution in [-0.4, -0.2) is 42.2 Å². The zero-order chi connectivity index (χ0) is 20.2. The van der Waals surface area contributed by atoms with E-state index in [-0.39, 0.29) is 23.5 Å². The second kappa shape index (κ2) is 8.63. The quantitative estimate of drug-likeness (QED) is 0.622. The number of hydrogen-bond acceptors (Lipinski definition) is 4. The molecule has 0 spiro atoms. The van der Waals surface area contributed by atoms with Crippen molar-refractivity contribution in [2.24, 2.45) is 0 Å². The number of hydrogen-bond donors (Lipinski definition) is 1. The van der Waals surface area contributed by atoms with Crippen LogP contribution in [0.25, 0.3) is 0 Å². The molecule has 1 aliphatic heterocycles. The SMILES string of the molecule is COCCNC(=O)c1ccc(CN2CCn3cccc3[C@@H]2c2ccc(F)cc2)o1. The van der Waals surface area contributed by atoms with Gasteiger partial charge >= 0.3 is 0 Å². The number of rotatable bonds is 7. The highest BCUT2D eigenvalue weighted by molar-refractivity contribution is 5.91. The first-order valence-corrected chi connectivity index (χ1v) is 9.66. The van der Waals surface area contributed by atoms with Crippen LogP contribution < -0.4 is 5.32 Å². The Bertz CT molecular complexity index is 964. The van der Waals surface area contributed by atoms with Crippen molar-refractivity contribution >= 4 is 5.91 Å². The van der Waals surface area contributed by atoms with Crippen LogP contribution in [0.5, 0.6) is 0 Å². The van der Waals surface area contributed by atoms with E-state index < -0.39 is 0 Å². The molecule has 0 aliphatic carbocycles. The van der Waals surface area contributed by atoms with E-state index in [1.54, 1.807) is 13.2 Å². The van der Waals surface area contributed by atoms with Gasteiger partial charge in [-0.2, -0.15) is 0 Å². The molecule has 3 heterocycles. The van der Waals surface area contributed by atoms with Gasteiger partial charge in [-0.05, 0) is 42.0 Å². The highest BCUT2D eigenvalue weighted by atomic mass is 19.1. The average molecular weight is 397 g/mol. The van der Waals surface area contributed by atoms with Gasteiger partial charge in [-0.3, -0.25) is 9.69 Å². The lowest BCUT2D eigenvalue weighted by Crippen LogP contribution is -2.37. The van der Waals surface area contributed by atoms with Crippen LogP contribution in [0.4, 0.5) is 4.39 Å². The largest absolute Gasteiger partial charge is 0.455 e. The number of aromatic nitrogens is 1. The molecule has 4 rings (SSSR count). The number of methoxy groups -OCH3 is 1. The van der Waals surface area contributed by atoms with Gasteiger partial charge in [0.2, 0.25) is 0 Å². The van der Waals surface area contributed by atoms with Crippen molar-refractivity contribution in [2.75, 3.05) is 26.8 Å². The molecular formula is C22H24FN3O3. The molecule has 0 bridgehead atoms. The smallest absolute Gasteiger partial charge is 0.287 e. The molecule has 1 amide bonds. The van der Waals surface area contributed by atoms with Crippen molar-refractivity contribution in [1.29, 1.82) is 0 Å². The Hall–Kier alpha value is -2.90. The summed E-state index contributed by atoms with van der Waals surface area (Å²) in [7, 11) is 1.59. The number of fused-ring (bicyclic) bond motifs is 1. The maximum atomic E-state index is 13.4. The summed E-state index contributed by atoms with van der Waals surface area (Å²) in [5.41, 5.74) is 2.18. The second-order valence-electron chi connectivity index (χ2n) is 7.07. The first-order valence-electron chi connectivity index (χ1n) is 9.66. The van der Waals surface area contributed by atoms with Gasteiger partial charge < -0.3 is 19.0 Å². The molecular weight excluding hydrogens is 373 g/mol. The van der Waals surface area contributed by atoms with Gasteiger partial charge in [0.15, 0.2) is 5.76 Å². The minimum Gasteiger partial charge on any atom is -0.455 e. The molecule has 2 aromatic heterocycles. The van der Waals surface area contributed by atoms with Crippen LogP contribution in [0.1, 0.15) is 33.6 Å². The summed E-state index contributed by atoms with van der Waals surface area (Å²) in [4.78, 5) is 14.4. The number of ether oxygens (including phenoxy) is 1. The molecule has 1 aliphatic rings. The first kappa shape index (κ1) is 19.4. The van der Waals surface area contributed by atoms with E-state index in [4.69, 9.17) is 9.15 Å². The number of nitrogens with zero attached hydrogens (tertiary/aromatic N) is 2. The third-order valence-corrected chi connectivity index (χ3v) is 5.16. The molecule has 0 unspecified atom stereocenters. The fourth-order valence-corrected chi connectivity index (χ4v) is 3.77. The number of furan rings is 1. The van der Waals surface area contributed by atoms with E-state index in [1.165, 1.54) is 12.1 Å². The number of nitrogens with one attached hydrogen (secondary N) is 1. The monoisotopic (exact) mass is 397 g/mol. The normalized spacial score (nSPS) is 16.6. The molecule has 7 heteroatoms. The zero-order valence-corrected chi connectivity index (χ0v) is 16.3. The van der Waals surface area contributed by atoms with Crippen LogP contribution in [-0.2, 0) is 17.8 Å². The summed E-state index contributed by atoms with van der Waals surface area (Å²) in [6, 6.07) is 14.3. The molecule has 0 saturated heterocycles. The topological polar surface area (TPSA) is 59.6 Å². The van der Waals surface area contributed by atoms with Crippen LogP contribution >= 0.6 is 0 Å². The Morgan fingerprint density at radius 2 is 2.03 bits per heavy atom. The Balaban J connectivity index is 1.53. The van der Waals surface area contributed by atoms with Crippen LogP contribution in [0.15, 0.2) is 59.1 Å². The Morgan fingerprint density at radius 3 is 2.83 bits per heavy atom. The minimum absolute atomic E-state index is 0.0107. The van der Waals surface area contributed by atoms with E-state index in [9.17, 15) is 9.18 Å². The van der Waals surface area contributed by atoms with Gasteiger partial charge in [0, 0.05) is 38.6 Å². The number of halogens is 1. The third-order valence-electron chi connectivity index (χ3n) is 5.16. The minimum atomic E-state index is -0.254. The zero-order valence-electron chi connectivity index (χ0n) is 16.3. The lowest BCUT2D eigenvalue weighted by molar-refractivity contribution is 0.0903. The van der Waals surface area contributed by atoms with Crippen molar-refractivity contribution in [1.82, 2.24) is 14.8 Å². The first-order chi connectivity index (χ1) is 14.2. The van der Waals surface area contributed by atoms with Crippen LogP contribution in [0.3, 0.4) is 0 Å². The molecule has 152 valence electrons. The maximum Gasteiger partial charge on any atom is 0.287 e. The number of carbonyl (C=O) groups excluding carboxylic acids is 1. The Morgan fingerprint density at radius 1 is 1.21 bits per heavy atom. The predicted octanol–water partition coefficient (Wildman–Crippen LogP) is 3.20. The molecule has 0 radical (unpaired) electrons. The molecule has 1 aromatic carbocycles. The summed E-state index contributed by atoms with van der Waals surface area (Å²) < 4.78 is 26.4. The van der Waals surface area contributed by atoms with Crippen molar-refractivity contribution in [3.8, 4) is 0 Å². The molecule has 3 aromatic rings. The maximum absolute atomic E-state index is 13.4. The second-order valence-corrected chi connectivity index (χ2v) is 7.07. The lowest BCUT2D eigenvalue weighted by Gasteiger charge is -2.36. The fourth-order valence-electron chi connectivity index (χ4n) is 3.77. The van der Waals surface area contributed by atoms with Crippen LogP contribution in [0.2, 0.25) is 0 Å². The van der Waals surface area contributed by atoms with Gasteiger partial charge in [0.1, 0.15) is 11.6 Å². The molecule has 0 saturated carbocycles. The summed E-state index contributed by atoms with van der Waals surface area (Å²) in [6.45, 7) is 3.12. The highest BCUT2D eigenvalue weighted by Crippen LogP contribution is 2.33.